The van der Waals surface area contributed by atoms with Crippen molar-refractivity contribution in [1.82, 2.24) is 9.97 Å². The van der Waals surface area contributed by atoms with Crippen LogP contribution < -0.4 is 4.90 Å². The molecule has 0 aromatic carbocycles. The van der Waals surface area contributed by atoms with Gasteiger partial charge in [-0.05, 0) is 37.3 Å². The Morgan fingerprint density at radius 1 is 1.38 bits per heavy atom. The van der Waals surface area contributed by atoms with Gasteiger partial charge in [0.25, 0.3) is 0 Å². The molecule has 0 atom stereocenters. The number of aryl methyl sites for hydroxylation is 1. The minimum Gasteiger partial charge on any atom is -0.356 e. The summed E-state index contributed by atoms with van der Waals surface area (Å²) in [5.41, 5.74) is 0.938. The van der Waals surface area contributed by atoms with Crippen LogP contribution in [0.3, 0.4) is 0 Å². The molecule has 16 heavy (non-hydrogen) atoms. The van der Waals surface area contributed by atoms with E-state index in [0.29, 0.717) is 5.28 Å². The minimum atomic E-state index is 0.354. The lowest BCUT2D eigenvalue weighted by molar-refractivity contribution is 0.393. The highest BCUT2D eigenvalue weighted by Crippen LogP contribution is 2.24. The van der Waals surface area contributed by atoms with E-state index in [4.69, 9.17) is 11.6 Å². The van der Waals surface area contributed by atoms with Crippen molar-refractivity contribution in [3.8, 4) is 0 Å². The third-order valence-electron chi connectivity index (χ3n) is 3.33. The van der Waals surface area contributed by atoms with E-state index >= 15 is 0 Å². The van der Waals surface area contributed by atoms with E-state index < -0.39 is 0 Å². The number of rotatable bonds is 2. The first-order valence-electron chi connectivity index (χ1n) is 5.95. The summed E-state index contributed by atoms with van der Waals surface area (Å²) in [6, 6.07) is 2.01. The molecule has 0 amide bonds. The molecule has 0 bridgehead atoms. The van der Waals surface area contributed by atoms with Gasteiger partial charge in [-0.25, -0.2) is 9.97 Å². The van der Waals surface area contributed by atoms with Crippen LogP contribution in [-0.4, -0.2) is 23.1 Å². The van der Waals surface area contributed by atoms with Crippen LogP contribution in [0, 0.1) is 12.8 Å². The van der Waals surface area contributed by atoms with E-state index in [1.807, 2.05) is 13.0 Å². The summed E-state index contributed by atoms with van der Waals surface area (Å²) < 4.78 is 0. The molecule has 1 aromatic rings. The molecule has 3 nitrogen and oxygen atoms in total. The molecule has 1 aliphatic rings. The van der Waals surface area contributed by atoms with Crippen LogP contribution in [0.15, 0.2) is 6.07 Å². The van der Waals surface area contributed by atoms with Crippen LogP contribution in [-0.2, 0) is 0 Å². The van der Waals surface area contributed by atoms with Gasteiger partial charge in [-0.3, -0.25) is 0 Å². The smallest absolute Gasteiger partial charge is 0.224 e. The van der Waals surface area contributed by atoms with Crippen LogP contribution in [0.4, 0.5) is 5.82 Å². The van der Waals surface area contributed by atoms with Crippen LogP contribution in [0.2, 0.25) is 5.28 Å². The van der Waals surface area contributed by atoms with E-state index in [9.17, 15) is 0 Å². The van der Waals surface area contributed by atoms with Gasteiger partial charge in [0, 0.05) is 24.8 Å². The molecule has 1 fully saturated rings. The first kappa shape index (κ1) is 11.6. The fourth-order valence-corrected chi connectivity index (χ4v) is 2.47. The number of halogens is 1. The topological polar surface area (TPSA) is 29.0 Å². The van der Waals surface area contributed by atoms with Crippen molar-refractivity contribution < 1.29 is 0 Å². The summed E-state index contributed by atoms with van der Waals surface area (Å²) in [5, 5.41) is 0.354. The maximum atomic E-state index is 5.88. The van der Waals surface area contributed by atoms with Crippen LogP contribution in [0.5, 0.6) is 0 Å². The molecule has 0 unspecified atom stereocenters. The second-order valence-electron chi connectivity index (χ2n) is 4.48. The van der Waals surface area contributed by atoms with E-state index in [1.165, 1.54) is 19.3 Å². The van der Waals surface area contributed by atoms with E-state index in [1.54, 1.807) is 0 Å². The lowest BCUT2D eigenvalue weighted by atomic mass is 9.94. The number of hydrogen-bond acceptors (Lipinski definition) is 3. The largest absolute Gasteiger partial charge is 0.356 e. The molecule has 0 aliphatic carbocycles. The Kier molecular flexibility index (Phi) is 3.64. The summed E-state index contributed by atoms with van der Waals surface area (Å²) in [5.74, 6) is 1.86. The highest BCUT2D eigenvalue weighted by Gasteiger charge is 2.19. The summed E-state index contributed by atoms with van der Waals surface area (Å²) in [6.07, 6.45) is 3.81. The van der Waals surface area contributed by atoms with Crippen molar-refractivity contribution in [2.75, 3.05) is 18.0 Å². The van der Waals surface area contributed by atoms with Crippen molar-refractivity contribution in [3.05, 3.63) is 17.0 Å². The van der Waals surface area contributed by atoms with Gasteiger partial charge in [-0.2, -0.15) is 0 Å². The quantitative estimate of drug-likeness (QED) is 0.743. The number of nitrogens with zero attached hydrogens (tertiary/aromatic N) is 3. The van der Waals surface area contributed by atoms with Crippen LogP contribution in [0.25, 0.3) is 0 Å². The van der Waals surface area contributed by atoms with Gasteiger partial charge in [0.15, 0.2) is 0 Å². The molecule has 4 heteroatoms. The lowest BCUT2D eigenvalue weighted by Gasteiger charge is -2.32. The third-order valence-corrected chi connectivity index (χ3v) is 3.50. The molecular weight excluding hydrogens is 222 g/mol. The number of piperidine rings is 1. The first-order chi connectivity index (χ1) is 7.69. The summed E-state index contributed by atoms with van der Waals surface area (Å²) in [4.78, 5) is 10.7. The summed E-state index contributed by atoms with van der Waals surface area (Å²) >= 11 is 5.88. The standard InChI is InChI=1S/C12H18ClN3/c1-3-10-4-6-16(7-5-10)11-8-9(2)14-12(13)15-11/h8,10H,3-7H2,1-2H3. The Morgan fingerprint density at radius 3 is 2.62 bits per heavy atom. The zero-order chi connectivity index (χ0) is 11.5. The second kappa shape index (κ2) is 5.00. The van der Waals surface area contributed by atoms with Gasteiger partial charge < -0.3 is 4.90 Å². The Labute approximate surface area is 102 Å². The molecule has 2 heterocycles. The Morgan fingerprint density at radius 2 is 2.06 bits per heavy atom. The minimum absolute atomic E-state index is 0.354. The van der Waals surface area contributed by atoms with Crippen molar-refractivity contribution in [1.29, 1.82) is 0 Å². The normalized spacial score (nSPS) is 17.8. The molecule has 0 spiro atoms. The maximum Gasteiger partial charge on any atom is 0.224 e. The molecular formula is C12H18ClN3. The molecule has 1 aromatic heterocycles. The lowest BCUT2D eigenvalue weighted by Crippen LogP contribution is -2.34. The fourth-order valence-electron chi connectivity index (χ4n) is 2.25. The predicted octanol–water partition coefficient (Wildman–Crippen LogP) is 3.06. The highest BCUT2D eigenvalue weighted by atomic mass is 35.5. The monoisotopic (exact) mass is 239 g/mol. The zero-order valence-electron chi connectivity index (χ0n) is 9.91. The van der Waals surface area contributed by atoms with Gasteiger partial charge in [0.05, 0.1) is 0 Å². The number of aromatic nitrogens is 2. The Balaban J connectivity index is 2.08. The predicted molar refractivity (Wildman–Crippen MR) is 67.0 cm³/mol. The highest BCUT2D eigenvalue weighted by molar-refractivity contribution is 6.28. The summed E-state index contributed by atoms with van der Waals surface area (Å²) in [7, 11) is 0. The molecule has 88 valence electrons. The van der Waals surface area contributed by atoms with Crippen LogP contribution in [0.1, 0.15) is 31.9 Å². The molecule has 0 radical (unpaired) electrons. The van der Waals surface area contributed by atoms with Gasteiger partial charge in [-0.1, -0.05) is 13.3 Å². The number of anilines is 1. The third kappa shape index (κ3) is 2.64. The van der Waals surface area contributed by atoms with E-state index in [2.05, 4.69) is 21.8 Å². The molecule has 0 saturated carbocycles. The fraction of sp³-hybridized carbons (Fsp3) is 0.667. The van der Waals surface area contributed by atoms with Crippen molar-refractivity contribution >= 4 is 17.4 Å². The average Bonchev–Trinajstić information content (AvgIpc) is 2.28. The average molecular weight is 240 g/mol. The first-order valence-corrected chi connectivity index (χ1v) is 6.33. The van der Waals surface area contributed by atoms with Gasteiger partial charge >= 0.3 is 0 Å². The second-order valence-corrected chi connectivity index (χ2v) is 4.81. The Bertz CT molecular complexity index is 339. The zero-order valence-corrected chi connectivity index (χ0v) is 10.7. The molecule has 0 N–H and O–H groups in total. The van der Waals surface area contributed by atoms with E-state index in [0.717, 1.165) is 30.5 Å². The van der Waals surface area contributed by atoms with E-state index in [-0.39, 0.29) is 0 Å². The van der Waals surface area contributed by atoms with Gasteiger partial charge in [-0.15, -0.1) is 0 Å². The van der Waals surface area contributed by atoms with Crippen molar-refractivity contribution in [3.63, 3.8) is 0 Å². The molecule has 1 saturated heterocycles. The Hall–Kier alpha value is -0.830. The van der Waals surface area contributed by atoms with Gasteiger partial charge in [0.2, 0.25) is 5.28 Å². The maximum absolute atomic E-state index is 5.88. The van der Waals surface area contributed by atoms with Crippen molar-refractivity contribution in [2.45, 2.75) is 33.1 Å². The number of hydrogen-bond donors (Lipinski definition) is 0. The van der Waals surface area contributed by atoms with Crippen LogP contribution >= 0.6 is 11.6 Å². The molecule has 1 aliphatic heterocycles. The summed E-state index contributed by atoms with van der Waals surface area (Å²) in [6.45, 7) is 6.40. The van der Waals surface area contributed by atoms with Gasteiger partial charge in [0.1, 0.15) is 5.82 Å². The van der Waals surface area contributed by atoms with Crippen molar-refractivity contribution in [2.24, 2.45) is 5.92 Å². The SMILES string of the molecule is CCC1CCN(c2cc(C)nc(Cl)n2)CC1. The molecule has 2 rings (SSSR count).